The van der Waals surface area contributed by atoms with Crippen LogP contribution in [0.5, 0.6) is 0 Å². The number of nitrogens with zero attached hydrogens (tertiary/aromatic N) is 3. The minimum absolute atomic E-state index is 0.0731. The Morgan fingerprint density at radius 3 is 1.80 bits per heavy atom. The Morgan fingerprint density at radius 1 is 0.455 bits per heavy atom. The monoisotopic (exact) mass is 565 g/mol. The lowest BCUT2D eigenvalue weighted by atomic mass is 9.73. The second-order valence-electron chi connectivity index (χ2n) is 12.3. The van der Waals surface area contributed by atoms with Crippen LogP contribution in [-0.4, -0.2) is 9.13 Å². The van der Waals surface area contributed by atoms with Crippen molar-refractivity contribution < 1.29 is 0 Å². The van der Waals surface area contributed by atoms with Crippen molar-refractivity contribution in [2.75, 3.05) is 4.90 Å². The normalized spacial score (nSPS) is 13.8. The fourth-order valence-corrected chi connectivity index (χ4v) is 7.44. The largest absolute Gasteiger partial charge is 0.315 e. The molecular formula is C41H31N3. The average molecular weight is 566 g/mol. The lowest BCUT2D eigenvalue weighted by Gasteiger charge is -2.42. The number of fused-ring (bicyclic) bond motifs is 7. The van der Waals surface area contributed by atoms with Gasteiger partial charge in [0.15, 0.2) is 0 Å². The highest BCUT2D eigenvalue weighted by molar-refractivity contribution is 6.18. The van der Waals surface area contributed by atoms with Gasteiger partial charge in [-0.25, -0.2) is 0 Å². The highest BCUT2D eigenvalue weighted by atomic mass is 15.2. The van der Waals surface area contributed by atoms with Crippen LogP contribution in [-0.2, 0) is 5.41 Å². The zero-order valence-electron chi connectivity index (χ0n) is 24.8. The zero-order valence-corrected chi connectivity index (χ0v) is 24.8. The topological polar surface area (TPSA) is 13.1 Å². The highest BCUT2D eigenvalue weighted by Crippen LogP contribution is 2.51. The summed E-state index contributed by atoms with van der Waals surface area (Å²) in [5.41, 5.74) is 12.2. The summed E-state index contributed by atoms with van der Waals surface area (Å²) in [5, 5.41) is 3.75. The van der Waals surface area contributed by atoms with Gasteiger partial charge in [0.05, 0.1) is 27.9 Å². The molecule has 1 aliphatic heterocycles. The van der Waals surface area contributed by atoms with Crippen LogP contribution in [0.4, 0.5) is 17.1 Å². The second kappa shape index (κ2) is 9.23. The van der Waals surface area contributed by atoms with E-state index in [-0.39, 0.29) is 5.41 Å². The molecule has 3 heterocycles. The molecule has 0 saturated heterocycles. The third-order valence-electron chi connectivity index (χ3n) is 9.52. The van der Waals surface area contributed by atoms with Crippen molar-refractivity contribution in [2.45, 2.75) is 19.3 Å². The lowest BCUT2D eigenvalue weighted by molar-refractivity contribution is 0.632. The third-order valence-corrected chi connectivity index (χ3v) is 9.52. The average Bonchev–Trinajstić information content (AvgIpc) is 3.65. The Hall–Kier alpha value is -5.54. The molecule has 0 N–H and O–H groups in total. The number of hydrogen-bond donors (Lipinski definition) is 0. The van der Waals surface area contributed by atoms with E-state index in [1.54, 1.807) is 0 Å². The molecule has 6 aromatic carbocycles. The maximum Gasteiger partial charge on any atom is 0.0788 e. The van der Waals surface area contributed by atoms with Crippen LogP contribution in [0.1, 0.15) is 25.0 Å². The van der Waals surface area contributed by atoms with Crippen LogP contribution in [0.3, 0.4) is 0 Å². The van der Waals surface area contributed by atoms with E-state index in [1.807, 2.05) is 0 Å². The van der Waals surface area contributed by atoms with Crippen LogP contribution in [0.25, 0.3) is 44.1 Å². The molecule has 3 nitrogen and oxygen atoms in total. The molecule has 1 aliphatic rings. The van der Waals surface area contributed by atoms with E-state index in [1.165, 1.54) is 60.9 Å². The van der Waals surface area contributed by atoms with Crippen LogP contribution >= 0.6 is 0 Å². The molecule has 0 saturated carbocycles. The molecule has 44 heavy (non-hydrogen) atoms. The first-order valence-electron chi connectivity index (χ1n) is 15.3. The van der Waals surface area contributed by atoms with E-state index in [4.69, 9.17) is 0 Å². The van der Waals surface area contributed by atoms with Gasteiger partial charge >= 0.3 is 0 Å². The van der Waals surface area contributed by atoms with Crippen molar-refractivity contribution in [3.8, 4) is 11.4 Å². The predicted octanol–water partition coefficient (Wildman–Crippen LogP) is 10.8. The molecule has 0 spiro atoms. The maximum absolute atomic E-state index is 2.42. The summed E-state index contributed by atoms with van der Waals surface area (Å²) >= 11 is 0. The molecular weight excluding hydrogens is 534 g/mol. The maximum atomic E-state index is 2.42. The van der Waals surface area contributed by atoms with Gasteiger partial charge in [-0.05, 0) is 71.8 Å². The Morgan fingerprint density at radius 2 is 1.07 bits per heavy atom. The quantitative estimate of drug-likeness (QED) is 0.208. The predicted molar refractivity (Wildman–Crippen MR) is 184 cm³/mol. The van der Waals surface area contributed by atoms with Gasteiger partial charge in [-0.2, -0.15) is 0 Å². The summed E-state index contributed by atoms with van der Waals surface area (Å²) in [6.07, 6.45) is 2.21. The van der Waals surface area contributed by atoms with E-state index in [0.717, 1.165) is 11.4 Å². The number of rotatable bonds is 3. The van der Waals surface area contributed by atoms with E-state index in [9.17, 15) is 0 Å². The molecule has 9 rings (SSSR count). The molecule has 0 unspecified atom stereocenters. The standard InChI is InChI=1S/C41H31N3/c1-41(2)34-15-7-10-18-37(34)43(38-19-11-8-16-35(38)41)31-23-21-29(22-24-31)42-27-26-28-20-25-33-32-14-6-9-17-36(32)44(40(33)39(28)42)30-12-4-3-5-13-30/h3-27H,1-2H3. The Bertz CT molecular complexity index is 2300. The molecule has 0 radical (unpaired) electrons. The van der Waals surface area contributed by atoms with Crippen molar-refractivity contribution in [1.82, 2.24) is 9.13 Å². The summed E-state index contributed by atoms with van der Waals surface area (Å²) in [5.74, 6) is 0. The lowest BCUT2D eigenvalue weighted by Crippen LogP contribution is -2.30. The molecule has 0 bridgehead atoms. The van der Waals surface area contributed by atoms with Gasteiger partial charge in [0, 0.05) is 44.8 Å². The van der Waals surface area contributed by atoms with Crippen LogP contribution in [0.2, 0.25) is 0 Å². The van der Waals surface area contributed by atoms with Crippen LogP contribution in [0, 0.1) is 0 Å². The SMILES string of the molecule is CC1(C)c2ccccc2N(c2ccc(-n3ccc4ccc5c6ccccc6n(-c6ccccc6)c5c43)cc2)c2ccccc21. The first-order valence-corrected chi connectivity index (χ1v) is 15.3. The number of aromatic nitrogens is 2. The van der Waals surface area contributed by atoms with E-state index in [2.05, 4.69) is 180 Å². The summed E-state index contributed by atoms with van der Waals surface area (Å²) in [6, 6.07) is 52.9. The summed E-state index contributed by atoms with van der Waals surface area (Å²) in [4.78, 5) is 2.42. The van der Waals surface area contributed by atoms with E-state index < -0.39 is 0 Å². The third kappa shape index (κ3) is 3.44. The Labute approximate surface area is 256 Å². The zero-order chi connectivity index (χ0) is 29.4. The molecule has 0 fully saturated rings. The van der Waals surface area contributed by atoms with E-state index in [0.29, 0.717) is 0 Å². The van der Waals surface area contributed by atoms with E-state index >= 15 is 0 Å². The molecule has 0 aliphatic carbocycles. The molecule has 8 aromatic rings. The number of hydrogen-bond acceptors (Lipinski definition) is 1. The van der Waals surface area contributed by atoms with Gasteiger partial charge < -0.3 is 14.0 Å². The Kier molecular flexibility index (Phi) is 5.24. The van der Waals surface area contributed by atoms with Gasteiger partial charge in [-0.1, -0.05) is 98.8 Å². The van der Waals surface area contributed by atoms with Crippen molar-refractivity contribution in [3.63, 3.8) is 0 Å². The van der Waals surface area contributed by atoms with Crippen LogP contribution < -0.4 is 4.90 Å². The molecule has 210 valence electrons. The first-order chi connectivity index (χ1) is 21.6. The van der Waals surface area contributed by atoms with Crippen molar-refractivity contribution in [2.24, 2.45) is 0 Å². The number of benzene rings is 6. The molecule has 0 amide bonds. The van der Waals surface area contributed by atoms with Crippen molar-refractivity contribution in [3.05, 3.63) is 163 Å². The number of anilines is 3. The number of para-hydroxylation sites is 4. The minimum Gasteiger partial charge on any atom is -0.315 e. The highest BCUT2D eigenvalue weighted by Gasteiger charge is 2.36. The second-order valence-corrected chi connectivity index (χ2v) is 12.3. The van der Waals surface area contributed by atoms with Crippen LogP contribution in [0.15, 0.2) is 152 Å². The van der Waals surface area contributed by atoms with Gasteiger partial charge in [-0.3, -0.25) is 0 Å². The molecule has 2 aromatic heterocycles. The smallest absolute Gasteiger partial charge is 0.0788 e. The van der Waals surface area contributed by atoms with Crippen molar-refractivity contribution >= 4 is 49.8 Å². The fourth-order valence-electron chi connectivity index (χ4n) is 7.44. The summed E-state index contributed by atoms with van der Waals surface area (Å²) < 4.78 is 4.77. The fraction of sp³-hybridized carbons (Fsp3) is 0.0732. The summed E-state index contributed by atoms with van der Waals surface area (Å²) in [6.45, 7) is 4.66. The van der Waals surface area contributed by atoms with Crippen molar-refractivity contribution in [1.29, 1.82) is 0 Å². The first kappa shape index (κ1) is 25.0. The molecule has 3 heteroatoms. The van der Waals surface area contributed by atoms with Gasteiger partial charge in [-0.15, -0.1) is 0 Å². The molecule has 0 atom stereocenters. The summed E-state index contributed by atoms with van der Waals surface area (Å²) in [7, 11) is 0. The van der Waals surface area contributed by atoms with Gasteiger partial charge in [0.2, 0.25) is 0 Å². The van der Waals surface area contributed by atoms with Gasteiger partial charge in [0.25, 0.3) is 0 Å². The minimum atomic E-state index is -0.0731. The van der Waals surface area contributed by atoms with Gasteiger partial charge in [0.1, 0.15) is 0 Å². The Balaban J connectivity index is 1.24.